The first-order chi connectivity index (χ1) is 26.7. The van der Waals surface area contributed by atoms with Crippen molar-refractivity contribution in [3.8, 4) is 11.5 Å². The molecule has 5 aromatic carbocycles. The summed E-state index contributed by atoms with van der Waals surface area (Å²) in [6.07, 6.45) is 4.71. The van der Waals surface area contributed by atoms with Crippen LogP contribution in [0.25, 0.3) is 0 Å². The maximum atomic E-state index is 13.7. The Bertz CT molecular complexity index is 2590. The fourth-order valence-electron chi connectivity index (χ4n) is 7.13. The molecule has 3 aliphatic heterocycles. The number of anilines is 4. The van der Waals surface area contributed by atoms with Crippen LogP contribution in [0.3, 0.4) is 0 Å². The minimum atomic E-state index is -4.23. The molecule has 0 atom stereocenters. The molecular weight excluding hydrogens is 799 g/mol. The van der Waals surface area contributed by atoms with Crippen LogP contribution in [-0.2, 0) is 32.9 Å². The minimum absolute atomic E-state index is 0.0950. The molecule has 56 heavy (non-hydrogen) atoms. The number of halogens is 2. The number of sulfonamides is 2. The van der Waals surface area contributed by atoms with Crippen LogP contribution in [0, 0.1) is 0 Å². The van der Waals surface area contributed by atoms with Gasteiger partial charge < -0.3 is 15.9 Å². The molecule has 5 aromatic rings. The summed E-state index contributed by atoms with van der Waals surface area (Å²) in [6.45, 7) is 0.602. The van der Waals surface area contributed by atoms with Gasteiger partial charge in [-0.2, -0.15) is 0 Å². The van der Waals surface area contributed by atoms with Gasteiger partial charge in [0.1, 0.15) is 21.3 Å². The molecule has 0 fully saturated rings. The van der Waals surface area contributed by atoms with E-state index in [1.165, 1.54) is 26.8 Å². The summed E-state index contributed by atoms with van der Waals surface area (Å²) in [7, 11) is -8.15. The molecule has 12 nitrogen and oxygen atoms in total. The first-order valence-corrected chi connectivity index (χ1v) is 21.3. The molecule has 3 aliphatic rings. The lowest BCUT2D eigenvalue weighted by molar-refractivity contribution is 0.0925. The minimum Gasteiger partial charge on any atom is -0.506 e. The lowest BCUT2D eigenvalue weighted by Crippen LogP contribution is -2.33. The number of phenolic OH excluding ortho intramolecular Hbond substituents is 2. The average Bonchev–Trinajstić information content (AvgIpc) is 3.39. The normalized spacial score (nSPS) is 15.6. The van der Waals surface area contributed by atoms with Gasteiger partial charge in [0.2, 0.25) is 0 Å². The van der Waals surface area contributed by atoms with E-state index < -0.39 is 48.3 Å². The number of hydrogen-bond donors (Lipinski definition) is 3. The Balaban J connectivity index is 0.000000183. The number of aryl methyl sites for hydroxylation is 2. The van der Waals surface area contributed by atoms with Crippen molar-refractivity contribution in [1.82, 2.24) is 0 Å². The zero-order chi connectivity index (χ0) is 39.9. The second-order valence-corrected chi connectivity index (χ2v) is 17.9. The van der Waals surface area contributed by atoms with Crippen molar-refractivity contribution in [2.45, 2.75) is 48.3 Å². The molecule has 4 N–H and O–H groups in total. The number of amides is 2. The van der Waals surface area contributed by atoms with Gasteiger partial charge in [0.05, 0.1) is 43.9 Å². The van der Waals surface area contributed by atoms with Gasteiger partial charge in [-0.05, 0) is 86.1 Å². The third kappa shape index (κ3) is 7.02. The number of aromatic hydroxyl groups is 2. The zero-order valence-corrected chi connectivity index (χ0v) is 32.9. The summed E-state index contributed by atoms with van der Waals surface area (Å²) in [6, 6.07) is 25.5. The van der Waals surface area contributed by atoms with Crippen molar-refractivity contribution in [2.75, 3.05) is 32.3 Å². The van der Waals surface area contributed by atoms with E-state index in [-0.39, 0.29) is 44.0 Å². The summed E-state index contributed by atoms with van der Waals surface area (Å²) in [5.41, 5.74) is 9.23. The van der Waals surface area contributed by atoms with E-state index in [1.54, 1.807) is 30.3 Å². The van der Waals surface area contributed by atoms with Crippen LogP contribution < -0.4 is 19.2 Å². The molecule has 0 saturated carbocycles. The molecule has 8 rings (SSSR count). The number of para-hydroxylation sites is 2. The highest BCUT2D eigenvalue weighted by atomic mass is 35.5. The maximum Gasteiger partial charge on any atom is 0.268 e. The summed E-state index contributed by atoms with van der Waals surface area (Å²) in [5.74, 6) is -2.16. The van der Waals surface area contributed by atoms with E-state index in [4.69, 9.17) is 28.9 Å². The molecular formula is C40H36Cl2N4O8S2. The van der Waals surface area contributed by atoms with Gasteiger partial charge in [0.15, 0.2) is 0 Å². The van der Waals surface area contributed by atoms with Gasteiger partial charge in [-0.1, -0.05) is 71.7 Å². The zero-order valence-electron chi connectivity index (χ0n) is 29.7. The number of fused-ring (bicyclic) bond motifs is 3. The fraction of sp³-hybridized carbons (Fsp3) is 0.200. The molecule has 0 aliphatic carbocycles. The number of carbonyl (C=O) groups excluding carboxylic acids is 2. The third-order valence-corrected chi connectivity index (χ3v) is 14.2. The number of nitrogen functional groups attached to an aromatic ring is 1. The van der Waals surface area contributed by atoms with Crippen molar-refractivity contribution in [1.29, 1.82) is 0 Å². The largest absolute Gasteiger partial charge is 0.506 e. The van der Waals surface area contributed by atoms with Gasteiger partial charge in [-0.3, -0.25) is 18.2 Å². The lowest BCUT2D eigenvalue weighted by Gasteiger charge is -2.26. The van der Waals surface area contributed by atoms with E-state index in [0.29, 0.717) is 24.3 Å². The number of carbonyl (C=O) groups is 2. The monoisotopic (exact) mass is 834 g/mol. The molecule has 0 unspecified atom stereocenters. The first kappa shape index (κ1) is 39.0. The second-order valence-electron chi connectivity index (χ2n) is 13.4. The summed E-state index contributed by atoms with van der Waals surface area (Å²) in [4.78, 5) is 26.1. The first-order valence-electron chi connectivity index (χ1n) is 17.7. The molecule has 0 saturated heterocycles. The highest BCUT2D eigenvalue weighted by molar-refractivity contribution is 7.93. The predicted molar refractivity (Wildman–Crippen MR) is 216 cm³/mol. The summed E-state index contributed by atoms with van der Waals surface area (Å²) < 4.78 is 56.2. The summed E-state index contributed by atoms with van der Waals surface area (Å²) >= 11 is 12.1. The number of benzene rings is 5. The van der Waals surface area contributed by atoms with Crippen LogP contribution in [0.2, 0.25) is 10.0 Å². The van der Waals surface area contributed by atoms with Crippen molar-refractivity contribution >= 4 is 77.8 Å². The third-order valence-electron chi connectivity index (χ3n) is 9.91. The lowest BCUT2D eigenvalue weighted by atomic mass is 10.1. The predicted octanol–water partition coefficient (Wildman–Crippen LogP) is 7.54. The smallest absolute Gasteiger partial charge is 0.268 e. The van der Waals surface area contributed by atoms with Crippen molar-refractivity contribution in [3.63, 3.8) is 0 Å². The summed E-state index contributed by atoms with van der Waals surface area (Å²) in [5, 5.41) is 20.6. The molecule has 0 bridgehead atoms. The van der Waals surface area contributed by atoms with Crippen LogP contribution in [0.1, 0.15) is 57.5 Å². The highest BCUT2D eigenvalue weighted by Gasteiger charge is 2.39. The van der Waals surface area contributed by atoms with E-state index in [1.807, 2.05) is 30.3 Å². The molecule has 16 heteroatoms. The Morgan fingerprint density at radius 3 is 1.48 bits per heavy atom. The van der Waals surface area contributed by atoms with Crippen molar-refractivity contribution in [2.24, 2.45) is 0 Å². The van der Waals surface area contributed by atoms with Crippen LogP contribution in [0.5, 0.6) is 11.5 Å². The van der Waals surface area contributed by atoms with Crippen LogP contribution >= 0.6 is 23.2 Å². The Labute approximate surface area is 334 Å². The van der Waals surface area contributed by atoms with Gasteiger partial charge >= 0.3 is 0 Å². The quantitative estimate of drug-likeness (QED) is 0.0917. The number of rotatable bonds is 5. The molecule has 0 spiro atoms. The standard InChI is InChI=1S/C24H19ClN2O5S.C16H17ClN2O3S/c25-18-13-21(28)22(14-20(18)27-23(29)16-9-2-3-10-17(16)24(27)30)33(31,32)26-12-6-5-8-15-7-1-4-11-19(15)26;17-12-9-15(20)16(10-13(12)18)23(21,22)19-8-4-3-6-11-5-1-2-7-14(11)19/h1-4,7,9-11,13-14,28H,5-6,8,12H2;1-2,5,7,9-10,20H,3-4,6,8,18H2. The number of nitrogens with zero attached hydrogens (tertiary/aromatic N) is 3. The van der Waals surface area contributed by atoms with Crippen LogP contribution in [0.15, 0.2) is 107 Å². The van der Waals surface area contributed by atoms with Crippen LogP contribution in [0.4, 0.5) is 22.7 Å². The number of hydrogen-bond acceptors (Lipinski definition) is 9. The van der Waals surface area contributed by atoms with E-state index in [2.05, 4.69) is 0 Å². The van der Waals surface area contributed by atoms with Gasteiger partial charge in [0.25, 0.3) is 31.9 Å². The Hall–Kier alpha value is -5.28. The van der Waals surface area contributed by atoms with Gasteiger partial charge in [-0.25, -0.2) is 21.7 Å². The van der Waals surface area contributed by atoms with Crippen molar-refractivity contribution in [3.05, 3.63) is 129 Å². The molecule has 290 valence electrons. The van der Waals surface area contributed by atoms with Gasteiger partial charge in [-0.15, -0.1) is 0 Å². The van der Waals surface area contributed by atoms with E-state index >= 15 is 0 Å². The molecule has 2 amide bonds. The van der Waals surface area contributed by atoms with Gasteiger partial charge in [0, 0.05) is 25.2 Å². The fourth-order valence-corrected chi connectivity index (χ4v) is 10.8. The van der Waals surface area contributed by atoms with Crippen LogP contribution in [-0.4, -0.2) is 52.0 Å². The Morgan fingerprint density at radius 2 is 0.982 bits per heavy atom. The van der Waals surface area contributed by atoms with Crippen molar-refractivity contribution < 1.29 is 36.6 Å². The Morgan fingerprint density at radius 1 is 0.554 bits per heavy atom. The topological polar surface area (TPSA) is 179 Å². The maximum absolute atomic E-state index is 13.7. The van der Waals surface area contributed by atoms with E-state index in [9.17, 15) is 36.6 Å². The number of imide groups is 1. The second kappa shape index (κ2) is 15.3. The molecule has 0 aromatic heterocycles. The van der Waals surface area contributed by atoms with E-state index in [0.717, 1.165) is 66.3 Å². The highest BCUT2D eigenvalue weighted by Crippen LogP contribution is 2.42. The molecule has 3 heterocycles. The number of nitrogens with two attached hydrogens (primary N) is 1. The molecule has 0 radical (unpaired) electrons. The Kier molecular flexibility index (Phi) is 10.7. The number of phenols is 2. The SMILES string of the molecule is Nc1cc(S(=O)(=O)N2CCCCc3ccccc32)c(O)cc1Cl.O=C1c2ccccc2C(=O)N1c1cc(S(=O)(=O)N2CCCCc3ccccc32)c(O)cc1Cl. The average molecular weight is 836 g/mol.